The van der Waals surface area contributed by atoms with Crippen molar-refractivity contribution in [3.05, 3.63) is 63.6 Å². The maximum Gasteiger partial charge on any atom is 0.185 e. The predicted molar refractivity (Wildman–Crippen MR) is 91.8 cm³/mol. The Kier molecular flexibility index (Phi) is 5.39. The first-order valence-corrected chi connectivity index (χ1v) is 7.55. The minimum atomic E-state index is -0.0401. The van der Waals surface area contributed by atoms with Crippen LogP contribution in [-0.2, 0) is 0 Å². The fourth-order valence-corrected chi connectivity index (χ4v) is 2.43. The number of rotatable bonds is 5. The van der Waals surface area contributed by atoms with Gasteiger partial charge in [-0.2, -0.15) is 0 Å². The zero-order valence-corrected chi connectivity index (χ0v) is 14.3. The van der Waals surface area contributed by atoms with Crippen LogP contribution in [0.5, 0.6) is 11.5 Å². The van der Waals surface area contributed by atoms with Crippen LogP contribution < -0.4 is 9.47 Å². The summed E-state index contributed by atoms with van der Waals surface area (Å²) >= 11 is 3.47. The molecule has 4 heteroatoms. The lowest BCUT2D eigenvalue weighted by Gasteiger charge is -2.09. The molecule has 0 radical (unpaired) electrons. The largest absolute Gasteiger partial charge is 0.493 e. The molecule has 0 fully saturated rings. The number of carbonyl (C=O) groups excluding carboxylic acids is 1. The Labute approximate surface area is 138 Å². The third-order valence-electron chi connectivity index (χ3n) is 3.25. The third kappa shape index (κ3) is 3.77. The number of ether oxygens (including phenoxy) is 2. The lowest BCUT2D eigenvalue weighted by molar-refractivity contribution is 0.104. The Morgan fingerprint density at radius 1 is 1.05 bits per heavy atom. The Morgan fingerprint density at radius 3 is 2.23 bits per heavy atom. The number of methoxy groups -OCH3 is 2. The van der Waals surface area contributed by atoms with Gasteiger partial charge < -0.3 is 9.47 Å². The van der Waals surface area contributed by atoms with Crippen LogP contribution in [0.3, 0.4) is 0 Å². The van der Waals surface area contributed by atoms with Gasteiger partial charge in [0, 0.05) is 10.0 Å². The van der Waals surface area contributed by atoms with Gasteiger partial charge in [0.25, 0.3) is 0 Å². The molecule has 0 heterocycles. The van der Waals surface area contributed by atoms with E-state index in [-0.39, 0.29) is 5.78 Å². The van der Waals surface area contributed by atoms with E-state index in [0.717, 1.165) is 15.6 Å². The Morgan fingerprint density at radius 2 is 1.64 bits per heavy atom. The van der Waals surface area contributed by atoms with Crippen molar-refractivity contribution in [3.8, 4) is 11.5 Å². The molecule has 0 bridgehead atoms. The summed E-state index contributed by atoms with van der Waals surface area (Å²) in [4.78, 5) is 12.2. The van der Waals surface area contributed by atoms with E-state index in [9.17, 15) is 4.79 Å². The van der Waals surface area contributed by atoms with E-state index in [1.54, 1.807) is 26.4 Å². The Hall–Kier alpha value is -2.07. The highest BCUT2D eigenvalue weighted by Gasteiger charge is 2.08. The van der Waals surface area contributed by atoms with Crippen molar-refractivity contribution < 1.29 is 14.3 Å². The van der Waals surface area contributed by atoms with Gasteiger partial charge in [-0.3, -0.25) is 4.79 Å². The molecule has 0 N–H and O–H groups in total. The number of halogens is 1. The van der Waals surface area contributed by atoms with Crippen LogP contribution in [0.25, 0.3) is 6.08 Å². The lowest BCUT2D eigenvalue weighted by atomic mass is 10.1. The Balaban J connectivity index is 2.26. The number of hydrogen-bond donors (Lipinski definition) is 0. The zero-order valence-electron chi connectivity index (χ0n) is 12.7. The van der Waals surface area contributed by atoms with Crippen LogP contribution >= 0.6 is 15.9 Å². The summed E-state index contributed by atoms with van der Waals surface area (Å²) in [6.45, 7) is 1.99. The van der Waals surface area contributed by atoms with Gasteiger partial charge in [0.05, 0.1) is 14.2 Å². The summed E-state index contributed by atoms with van der Waals surface area (Å²) in [5.74, 6) is 1.21. The Bertz CT molecular complexity index is 703. The number of ketones is 1. The fraction of sp³-hybridized carbons (Fsp3) is 0.167. The maximum absolute atomic E-state index is 12.2. The quantitative estimate of drug-likeness (QED) is 0.574. The first-order chi connectivity index (χ1) is 10.5. The van der Waals surface area contributed by atoms with Gasteiger partial charge in [0.1, 0.15) is 0 Å². The number of hydrogen-bond acceptors (Lipinski definition) is 3. The van der Waals surface area contributed by atoms with E-state index in [1.807, 2.05) is 43.3 Å². The minimum absolute atomic E-state index is 0.0401. The summed E-state index contributed by atoms with van der Waals surface area (Å²) in [5.41, 5.74) is 2.64. The molecule has 3 nitrogen and oxygen atoms in total. The van der Waals surface area contributed by atoms with Gasteiger partial charge in [-0.15, -0.1) is 0 Å². The van der Waals surface area contributed by atoms with Crippen molar-refractivity contribution in [1.29, 1.82) is 0 Å². The second kappa shape index (κ2) is 7.27. The van der Waals surface area contributed by atoms with E-state index in [4.69, 9.17) is 9.47 Å². The van der Waals surface area contributed by atoms with Crippen LogP contribution in [0, 0.1) is 6.92 Å². The van der Waals surface area contributed by atoms with Gasteiger partial charge in [0.2, 0.25) is 0 Å². The second-order valence-corrected chi connectivity index (χ2v) is 5.65. The first kappa shape index (κ1) is 16.3. The molecule has 0 aliphatic carbocycles. The maximum atomic E-state index is 12.2. The molecule has 114 valence electrons. The third-order valence-corrected chi connectivity index (χ3v) is 3.94. The second-order valence-electron chi connectivity index (χ2n) is 4.79. The molecule has 2 aromatic carbocycles. The van der Waals surface area contributed by atoms with Crippen molar-refractivity contribution in [3.63, 3.8) is 0 Å². The van der Waals surface area contributed by atoms with Crippen molar-refractivity contribution in [2.45, 2.75) is 6.92 Å². The summed E-state index contributed by atoms with van der Waals surface area (Å²) in [7, 11) is 3.16. The topological polar surface area (TPSA) is 35.5 Å². The molecule has 0 saturated heterocycles. The molecule has 2 aromatic rings. The van der Waals surface area contributed by atoms with Gasteiger partial charge in [-0.05, 0) is 36.8 Å². The van der Waals surface area contributed by atoms with Crippen molar-refractivity contribution in [1.82, 2.24) is 0 Å². The molecule has 22 heavy (non-hydrogen) atoms. The SMILES string of the molecule is COc1cc(Br)c(/C=C/C(=O)c2ccc(C)cc2)cc1OC. The summed E-state index contributed by atoms with van der Waals surface area (Å²) in [5, 5.41) is 0. The average Bonchev–Trinajstić information content (AvgIpc) is 2.53. The van der Waals surface area contributed by atoms with E-state index >= 15 is 0 Å². The molecule has 0 aromatic heterocycles. The van der Waals surface area contributed by atoms with Crippen molar-refractivity contribution in [2.75, 3.05) is 14.2 Å². The summed E-state index contributed by atoms with van der Waals surface area (Å²) < 4.78 is 11.3. The van der Waals surface area contributed by atoms with Gasteiger partial charge in [-0.1, -0.05) is 45.8 Å². The first-order valence-electron chi connectivity index (χ1n) is 6.75. The number of allylic oxidation sites excluding steroid dienone is 1. The molecule has 0 amide bonds. The number of aryl methyl sites for hydroxylation is 1. The standard InChI is InChI=1S/C18H17BrO3/c1-12-4-6-13(7-5-12)16(20)9-8-14-10-17(21-2)18(22-3)11-15(14)19/h4-11H,1-3H3/b9-8+. The highest BCUT2D eigenvalue weighted by Crippen LogP contribution is 2.33. The average molecular weight is 361 g/mol. The van der Waals surface area contributed by atoms with Crippen LogP contribution in [-0.4, -0.2) is 20.0 Å². The molecule has 0 aliphatic rings. The van der Waals surface area contributed by atoms with Gasteiger partial charge >= 0.3 is 0 Å². The van der Waals surface area contributed by atoms with Crippen LogP contribution in [0.4, 0.5) is 0 Å². The molecular formula is C18H17BrO3. The minimum Gasteiger partial charge on any atom is -0.493 e. The molecule has 0 aliphatic heterocycles. The van der Waals surface area contributed by atoms with Gasteiger partial charge in [-0.25, -0.2) is 0 Å². The predicted octanol–water partition coefficient (Wildman–Crippen LogP) is 4.67. The lowest BCUT2D eigenvalue weighted by Crippen LogP contribution is -1.94. The van der Waals surface area contributed by atoms with Crippen LogP contribution in [0.15, 0.2) is 46.9 Å². The molecule has 0 unspecified atom stereocenters. The van der Waals surface area contributed by atoms with Crippen LogP contribution in [0.2, 0.25) is 0 Å². The van der Waals surface area contributed by atoms with Crippen LogP contribution in [0.1, 0.15) is 21.5 Å². The highest BCUT2D eigenvalue weighted by atomic mass is 79.9. The normalized spacial score (nSPS) is 10.7. The fourth-order valence-electron chi connectivity index (χ4n) is 1.98. The smallest absolute Gasteiger partial charge is 0.185 e. The molecule has 0 saturated carbocycles. The number of carbonyl (C=O) groups is 1. The summed E-state index contributed by atoms with van der Waals surface area (Å²) in [6.07, 6.45) is 3.31. The number of benzene rings is 2. The van der Waals surface area contributed by atoms with E-state index in [0.29, 0.717) is 17.1 Å². The summed E-state index contributed by atoms with van der Waals surface area (Å²) in [6, 6.07) is 11.1. The molecule has 0 spiro atoms. The van der Waals surface area contributed by atoms with Gasteiger partial charge in [0.15, 0.2) is 17.3 Å². The zero-order chi connectivity index (χ0) is 16.1. The van der Waals surface area contributed by atoms with Crippen molar-refractivity contribution >= 4 is 27.8 Å². The molecule has 2 rings (SSSR count). The van der Waals surface area contributed by atoms with E-state index in [2.05, 4.69) is 15.9 Å². The van der Waals surface area contributed by atoms with Crippen molar-refractivity contribution in [2.24, 2.45) is 0 Å². The monoisotopic (exact) mass is 360 g/mol. The van der Waals surface area contributed by atoms with E-state index < -0.39 is 0 Å². The highest BCUT2D eigenvalue weighted by molar-refractivity contribution is 9.10. The molecule has 0 atom stereocenters. The molecular weight excluding hydrogens is 344 g/mol. The van der Waals surface area contributed by atoms with E-state index in [1.165, 1.54) is 0 Å².